The van der Waals surface area contributed by atoms with Gasteiger partial charge in [0, 0.05) is 0 Å². The number of aryl methyl sites for hydroxylation is 2. The summed E-state index contributed by atoms with van der Waals surface area (Å²) in [6.07, 6.45) is 2.25. The van der Waals surface area contributed by atoms with Crippen LogP contribution in [-0.2, 0) is 7.05 Å². The number of para-hydroxylation sites is 1. The van der Waals surface area contributed by atoms with Crippen LogP contribution in [0.2, 0.25) is 17.3 Å². The van der Waals surface area contributed by atoms with Crippen molar-refractivity contribution < 1.29 is 4.57 Å². The predicted octanol–water partition coefficient (Wildman–Crippen LogP) is 6.82. The summed E-state index contributed by atoms with van der Waals surface area (Å²) >= 11 is -2.08. The van der Waals surface area contributed by atoms with Crippen LogP contribution in [0.15, 0.2) is 72.9 Å². The van der Waals surface area contributed by atoms with E-state index in [1.807, 2.05) is 0 Å². The van der Waals surface area contributed by atoms with Crippen LogP contribution in [0.3, 0.4) is 0 Å². The molecule has 0 fully saturated rings. The van der Waals surface area contributed by atoms with E-state index in [0.29, 0.717) is 0 Å². The molecule has 33 heavy (non-hydrogen) atoms. The third-order valence-corrected chi connectivity index (χ3v) is 11.9. The van der Waals surface area contributed by atoms with Crippen molar-refractivity contribution in [3.63, 3.8) is 0 Å². The van der Waals surface area contributed by atoms with Crippen molar-refractivity contribution >= 4 is 77.4 Å². The van der Waals surface area contributed by atoms with E-state index < -0.39 is 13.3 Å². The zero-order valence-electron chi connectivity index (χ0n) is 19.8. The van der Waals surface area contributed by atoms with E-state index in [1.54, 1.807) is 4.40 Å². The first-order chi connectivity index (χ1) is 15.9. The van der Waals surface area contributed by atoms with Gasteiger partial charge in [-0.15, -0.1) is 0 Å². The first-order valence-corrected chi connectivity index (χ1v) is 19.1. The van der Waals surface area contributed by atoms with Gasteiger partial charge in [-0.3, -0.25) is 0 Å². The molecule has 7 rings (SSSR count). The molecule has 0 saturated carbocycles. The minimum absolute atomic E-state index is 1.30. The molecule has 0 spiro atoms. The first kappa shape index (κ1) is 19.4. The average Bonchev–Trinajstić information content (AvgIpc) is 3.13. The topological polar surface area (TPSA) is 8.29 Å². The summed E-state index contributed by atoms with van der Waals surface area (Å²) in [5.41, 5.74) is 6.64. The Morgan fingerprint density at radius 1 is 0.697 bits per heavy atom. The molecule has 0 saturated heterocycles. The molecule has 3 aromatic heterocycles. The van der Waals surface area contributed by atoms with E-state index in [4.69, 9.17) is 0 Å². The number of rotatable bonds is 1. The minimum atomic E-state index is -2.08. The Labute approximate surface area is 195 Å². The van der Waals surface area contributed by atoms with Gasteiger partial charge in [-0.25, -0.2) is 0 Å². The second-order valence-corrected chi connectivity index (χ2v) is 21.2. The van der Waals surface area contributed by atoms with Crippen LogP contribution >= 0.6 is 0 Å². The monoisotopic (exact) mass is 489 g/mol. The van der Waals surface area contributed by atoms with Gasteiger partial charge in [0.05, 0.1) is 0 Å². The summed E-state index contributed by atoms with van der Waals surface area (Å²) in [5.74, 6) is 7.51. The number of hydrogen-bond donors (Lipinski definition) is 0. The molecule has 0 unspecified atom stereocenters. The Kier molecular flexibility index (Phi) is 3.68. The molecule has 160 valence electrons. The van der Waals surface area contributed by atoms with Crippen molar-refractivity contribution in [1.29, 1.82) is 0 Å². The van der Waals surface area contributed by atoms with Crippen LogP contribution in [0.25, 0.3) is 59.8 Å². The Balaban J connectivity index is 1.93. The molecule has 4 aromatic carbocycles. The van der Waals surface area contributed by atoms with Gasteiger partial charge in [0.25, 0.3) is 0 Å². The normalized spacial score (nSPS) is 13.0. The summed E-state index contributed by atoms with van der Waals surface area (Å²) in [6.45, 7) is 2.26. The van der Waals surface area contributed by atoms with Gasteiger partial charge < -0.3 is 0 Å². The quantitative estimate of drug-likeness (QED) is 0.104. The van der Waals surface area contributed by atoms with Crippen molar-refractivity contribution in [3.05, 3.63) is 78.5 Å². The summed E-state index contributed by atoms with van der Waals surface area (Å²) in [4.78, 5) is 0. The van der Waals surface area contributed by atoms with Gasteiger partial charge in [0.2, 0.25) is 0 Å². The zero-order valence-corrected chi connectivity index (χ0v) is 21.9. The second-order valence-electron chi connectivity index (χ2n) is 10.6. The molecule has 7 aromatic rings. The van der Waals surface area contributed by atoms with E-state index in [9.17, 15) is 0 Å². The zero-order chi connectivity index (χ0) is 22.6. The number of pyridine rings is 2. The summed E-state index contributed by atoms with van der Waals surface area (Å²) in [5, 5.41) is 9.61. The molecule has 0 atom stereocenters. The Morgan fingerprint density at radius 2 is 1.48 bits per heavy atom. The number of nitrogens with zero attached hydrogens (tertiary/aromatic N) is 2. The van der Waals surface area contributed by atoms with E-state index in [2.05, 4.69) is 113 Å². The van der Waals surface area contributed by atoms with Crippen molar-refractivity contribution in [1.82, 2.24) is 4.40 Å². The van der Waals surface area contributed by atoms with E-state index in [1.165, 1.54) is 65.3 Å². The molecule has 3 heterocycles. The van der Waals surface area contributed by atoms with Gasteiger partial charge in [-0.2, -0.15) is 0 Å². The Hall–Kier alpha value is -3.11. The standard InChI is InChI=1S/C30H27GeN2/c1-18-13-14-22-20-9-6-7-12-25(20)33-26-17-23-19(10-8-11-24(23)31(2,3)4)21-15-16-32(5)30(28(21)26)27(18)29(22)33/h6-17H,1-5H3/q+1. The second kappa shape index (κ2) is 6.27. The summed E-state index contributed by atoms with van der Waals surface area (Å²) in [7, 11) is 2.19. The molecular weight excluding hydrogens is 461 g/mol. The molecule has 0 aliphatic heterocycles. The van der Waals surface area contributed by atoms with Crippen LogP contribution in [-0.4, -0.2) is 17.7 Å². The Bertz CT molecular complexity index is 1920. The molecule has 0 radical (unpaired) electrons. The van der Waals surface area contributed by atoms with Crippen LogP contribution in [0, 0.1) is 6.92 Å². The molecule has 3 heteroatoms. The average molecular weight is 488 g/mol. The maximum atomic E-state index is 2.55. The van der Waals surface area contributed by atoms with Gasteiger partial charge in [0.1, 0.15) is 0 Å². The third kappa shape index (κ3) is 2.37. The molecule has 0 amide bonds. The summed E-state index contributed by atoms with van der Waals surface area (Å²) < 4.78 is 6.46. The van der Waals surface area contributed by atoms with Gasteiger partial charge in [0.15, 0.2) is 0 Å². The molecule has 0 bridgehead atoms. The molecule has 0 N–H and O–H groups in total. The fraction of sp³-hybridized carbons (Fsp3) is 0.167. The molecule has 2 nitrogen and oxygen atoms in total. The number of aromatic nitrogens is 2. The van der Waals surface area contributed by atoms with Crippen LogP contribution in [0.4, 0.5) is 0 Å². The number of hydrogen-bond acceptors (Lipinski definition) is 0. The van der Waals surface area contributed by atoms with Crippen LogP contribution in [0.1, 0.15) is 5.56 Å². The fourth-order valence-electron chi connectivity index (χ4n) is 6.14. The van der Waals surface area contributed by atoms with Crippen molar-refractivity contribution in [3.8, 4) is 0 Å². The van der Waals surface area contributed by atoms with Gasteiger partial charge in [-0.1, -0.05) is 0 Å². The third-order valence-electron chi connectivity index (χ3n) is 7.59. The van der Waals surface area contributed by atoms with E-state index in [0.717, 1.165) is 0 Å². The molecule has 0 aliphatic carbocycles. The van der Waals surface area contributed by atoms with E-state index in [-0.39, 0.29) is 0 Å². The van der Waals surface area contributed by atoms with Gasteiger partial charge >= 0.3 is 196 Å². The molecule has 0 aliphatic rings. The van der Waals surface area contributed by atoms with Crippen molar-refractivity contribution in [2.45, 2.75) is 24.2 Å². The fourth-order valence-corrected chi connectivity index (χ4v) is 9.52. The van der Waals surface area contributed by atoms with Crippen molar-refractivity contribution in [2.24, 2.45) is 7.05 Å². The summed E-state index contributed by atoms with van der Waals surface area (Å²) in [6, 6.07) is 25.3. The SMILES string of the molecule is Cc1ccc2c3ccccc3n3c4cc5[c]([Ge]([CH3])([CH3])[CH3])cccc5c5cc[n+](C)c(c1c23)c54. The van der Waals surface area contributed by atoms with Crippen molar-refractivity contribution in [2.75, 3.05) is 0 Å². The Morgan fingerprint density at radius 3 is 2.30 bits per heavy atom. The van der Waals surface area contributed by atoms with Crippen LogP contribution in [0.5, 0.6) is 0 Å². The number of fused-ring (bicyclic) bond motifs is 7. The van der Waals surface area contributed by atoms with Crippen LogP contribution < -0.4 is 8.96 Å². The van der Waals surface area contributed by atoms with E-state index >= 15 is 0 Å². The van der Waals surface area contributed by atoms with Gasteiger partial charge in [-0.05, 0) is 0 Å². The first-order valence-electron chi connectivity index (χ1n) is 11.8. The maximum absolute atomic E-state index is 2.55. The number of benzene rings is 4. The molecular formula is C30H27GeN2+. The predicted molar refractivity (Wildman–Crippen MR) is 145 cm³/mol.